The minimum atomic E-state index is -3.88. The van der Waals surface area contributed by atoms with Crippen molar-refractivity contribution in [2.45, 2.75) is 164 Å². The zero-order valence-corrected chi connectivity index (χ0v) is 81.4. The van der Waals surface area contributed by atoms with Crippen molar-refractivity contribution in [3.8, 4) is 0 Å². The maximum absolute atomic E-state index is 9.99. The second-order valence-electron chi connectivity index (χ2n) is 27.8. The van der Waals surface area contributed by atoms with Crippen LogP contribution in [-0.4, -0.2) is 145 Å². The number of rotatable bonds is 36. The van der Waals surface area contributed by atoms with Gasteiger partial charge in [0.2, 0.25) is 0 Å². The summed E-state index contributed by atoms with van der Waals surface area (Å²) in [6, 6.07) is 52.5. The Bertz CT molecular complexity index is 3060. The standard InChI is InChI=1S/6C15H24N.6FH2O2P/c6*1-5-14-9-11-15(12-10-14)13-16(6-2,7-3)8-4;6*1-4(2)3/h6*5,9-12H,1,6-8,13H2,2-4H3;6*4H,(H,2,3)/q6*+1;;;;;;/p-6. The zero-order chi connectivity index (χ0) is 93.6. The Morgan fingerprint density at radius 2 is 0.267 bits per heavy atom. The average molecular weight is 1810 g/mol. The summed E-state index contributed by atoms with van der Waals surface area (Å²) in [5, 5.41) is 0. The first kappa shape index (κ1) is 125. The van der Waals surface area contributed by atoms with Crippen molar-refractivity contribution < 1.29 is 109 Å². The van der Waals surface area contributed by atoms with Gasteiger partial charge in [-0.3, -0.25) is 0 Å². The molecule has 684 valence electrons. The summed E-state index contributed by atoms with van der Waals surface area (Å²) in [6.45, 7) is 92.3. The van der Waals surface area contributed by atoms with Gasteiger partial charge < -0.3 is 83.6 Å². The molecule has 0 aliphatic carbocycles. The van der Waals surface area contributed by atoms with Crippen LogP contribution >= 0.6 is 50.0 Å². The maximum Gasteiger partial charge on any atom is 0.169 e. The van der Waals surface area contributed by atoms with Gasteiger partial charge in [-0.25, -0.2) is 25.2 Å². The predicted octanol–water partition coefficient (Wildman–Crippen LogP) is 20.5. The van der Waals surface area contributed by atoms with E-state index in [4.69, 9.17) is 56.8 Å². The minimum Gasteiger partial charge on any atom is -0.777 e. The van der Waals surface area contributed by atoms with Crippen LogP contribution in [0.15, 0.2) is 185 Å². The number of hydrogen-bond acceptors (Lipinski definition) is 12. The first-order valence-electron chi connectivity index (χ1n) is 41.1. The van der Waals surface area contributed by atoms with Crippen molar-refractivity contribution in [3.05, 3.63) is 252 Å². The fourth-order valence-corrected chi connectivity index (χ4v) is 12.9. The zero-order valence-electron chi connectivity index (χ0n) is 75.4. The summed E-state index contributed by atoms with van der Waals surface area (Å²) in [7, 11) is -23.3. The molecule has 0 radical (unpaired) electrons. The molecule has 6 unspecified atom stereocenters. The fourth-order valence-electron chi connectivity index (χ4n) is 12.9. The highest BCUT2D eigenvalue weighted by Gasteiger charge is 2.26. The van der Waals surface area contributed by atoms with Crippen molar-refractivity contribution in [3.63, 3.8) is 0 Å². The lowest BCUT2D eigenvalue weighted by molar-refractivity contribution is -0.936. The smallest absolute Gasteiger partial charge is 0.169 e. The van der Waals surface area contributed by atoms with Gasteiger partial charge in [-0.15, -0.1) is 0 Å². The topological polar surface area (TPSA) is 241 Å². The van der Waals surface area contributed by atoms with Gasteiger partial charge in [-0.1, -0.05) is 222 Å². The summed E-state index contributed by atoms with van der Waals surface area (Å²) in [4.78, 5) is 50.4. The number of hydrogen-bond donors (Lipinski definition) is 0. The van der Waals surface area contributed by atoms with Crippen LogP contribution in [0.3, 0.4) is 0 Å². The molecule has 0 aromatic heterocycles. The molecule has 0 aliphatic rings. The normalized spacial score (nSPS) is 12.2. The first-order valence-corrected chi connectivity index (χ1v) is 48.3. The summed E-state index contributed by atoms with van der Waals surface area (Å²) in [6.07, 6.45) is 11.4. The monoisotopic (exact) mass is 1810 g/mol. The van der Waals surface area contributed by atoms with Crippen molar-refractivity contribution in [1.82, 2.24) is 0 Å². The SMILES string of the molecule is C=Cc1ccc(C[N+](CC)(CC)CC)cc1.C=Cc1ccc(C[N+](CC)(CC)CC)cc1.C=Cc1ccc(C[N+](CC)(CC)CC)cc1.C=Cc1ccc(C[N+](CC)(CC)CC)cc1.C=Cc1ccc(C[N+](CC)(CC)CC)cc1.C=Cc1ccc(C[N+](CC)(CC)CC)cc1.O=[PH]([O-])F.O=[PH]([O-])F.O=[PH]([O-])F.O=[PH]([O-])F.O=[PH]([O-])F.O=[PH]([O-])F. The number of benzene rings is 6. The quantitative estimate of drug-likeness (QED) is 0.0203. The molecule has 0 bridgehead atoms. The van der Waals surface area contributed by atoms with E-state index in [9.17, 15) is 25.2 Å². The van der Waals surface area contributed by atoms with Crippen LogP contribution in [0.1, 0.15) is 191 Å². The molecule has 0 aliphatic heterocycles. The lowest BCUT2D eigenvalue weighted by Gasteiger charge is -2.35. The van der Waals surface area contributed by atoms with Gasteiger partial charge in [0, 0.05) is 33.4 Å². The summed E-state index contributed by atoms with van der Waals surface area (Å²) < 4.78 is 117. The van der Waals surface area contributed by atoms with E-state index in [-0.39, 0.29) is 0 Å². The van der Waals surface area contributed by atoms with Gasteiger partial charge in [0.1, 0.15) is 39.3 Å². The molecule has 6 atom stereocenters. The van der Waals surface area contributed by atoms with Crippen molar-refractivity contribution in [2.75, 3.05) is 118 Å². The van der Waals surface area contributed by atoms with Crippen LogP contribution in [-0.2, 0) is 66.7 Å². The van der Waals surface area contributed by atoms with E-state index in [1.54, 1.807) is 0 Å². The van der Waals surface area contributed by atoms with E-state index >= 15 is 0 Å². The molecule has 6 rings (SSSR count). The van der Waals surface area contributed by atoms with Crippen molar-refractivity contribution in [2.24, 2.45) is 0 Å². The Kier molecular flexibility index (Phi) is 77.8. The third kappa shape index (κ3) is 61.5. The second kappa shape index (κ2) is 74.6. The van der Waals surface area contributed by atoms with E-state index in [1.165, 1.54) is 211 Å². The van der Waals surface area contributed by atoms with E-state index < -0.39 is 50.0 Å². The molecular weight excluding hydrogens is 1660 g/mol. The van der Waals surface area contributed by atoms with E-state index in [0.29, 0.717) is 0 Å². The molecule has 6 aromatic rings. The predicted molar refractivity (Wildman–Crippen MR) is 493 cm³/mol. The Hall–Kier alpha value is -5.76. The Morgan fingerprint density at radius 1 is 0.200 bits per heavy atom. The Morgan fingerprint density at radius 3 is 0.317 bits per heavy atom. The second-order valence-corrected chi connectivity index (χ2v) is 30.6. The van der Waals surface area contributed by atoms with Gasteiger partial charge in [-0.05, 0) is 158 Å². The van der Waals surface area contributed by atoms with E-state index in [0.717, 1.165) is 39.3 Å². The maximum atomic E-state index is 9.99. The molecule has 0 amide bonds. The third-order valence-electron chi connectivity index (χ3n) is 22.5. The lowest BCUT2D eigenvalue weighted by Crippen LogP contribution is -2.46. The molecule has 6 aromatic carbocycles. The molecule has 120 heavy (non-hydrogen) atoms. The number of nitrogens with zero attached hydrogens (tertiary/aromatic N) is 6. The molecule has 0 heterocycles. The van der Waals surface area contributed by atoms with Crippen LogP contribution in [0.4, 0.5) is 25.2 Å². The Labute approximate surface area is 724 Å². The lowest BCUT2D eigenvalue weighted by atomic mass is 10.1. The summed E-state index contributed by atoms with van der Waals surface area (Å²) in [5.41, 5.74) is 15.8. The van der Waals surface area contributed by atoms with Crippen LogP contribution in [0.2, 0.25) is 0 Å². The molecule has 0 saturated heterocycles. The summed E-state index contributed by atoms with van der Waals surface area (Å²) in [5.74, 6) is 0. The molecule has 30 heteroatoms. The average Bonchev–Trinajstić information content (AvgIpc) is 0.887. The van der Waals surface area contributed by atoms with Gasteiger partial charge in [0.15, 0.2) is 50.0 Å². The summed E-state index contributed by atoms with van der Waals surface area (Å²) >= 11 is 0. The van der Waals surface area contributed by atoms with Crippen molar-refractivity contribution in [1.29, 1.82) is 0 Å². The highest BCUT2D eigenvalue weighted by atomic mass is 31.2. The van der Waals surface area contributed by atoms with Gasteiger partial charge in [0.05, 0.1) is 118 Å². The third-order valence-corrected chi connectivity index (χ3v) is 22.5. The molecule has 0 N–H and O–H groups in total. The Balaban J connectivity index is -0.000000307. The molecule has 0 saturated carbocycles. The van der Waals surface area contributed by atoms with Crippen LogP contribution in [0.5, 0.6) is 0 Å². The van der Waals surface area contributed by atoms with Gasteiger partial charge in [0.25, 0.3) is 0 Å². The van der Waals surface area contributed by atoms with Crippen LogP contribution in [0, 0.1) is 0 Å². The molecular formula is C90H150F6N6O12P6. The van der Waals surface area contributed by atoms with E-state index in [1.807, 2.05) is 36.5 Å². The number of halogens is 6. The van der Waals surface area contributed by atoms with Crippen LogP contribution < -0.4 is 29.4 Å². The minimum absolute atomic E-state index is 1.14. The van der Waals surface area contributed by atoms with Gasteiger partial charge in [-0.2, -0.15) is 0 Å². The largest absolute Gasteiger partial charge is 0.777 e. The number of quaternary nitrogens is 6. The van der Waals surface area contributed by atoms with Crippen molar-refractivity contribution >= 4 is 86.5 Å². The fraction of sp³-hybridized carbons (Fsp3) is 0.467. The highest BCUT2D eigenvalue weighted by Crippen LogP contribution is 2.22. The molecule has 18 nitrogen and oxygen atoms in total. The first-order chi connectivity index (χ1) is 56.5. The van der Waals surface area contributed by atoms with E-state index in [2.05, 4.69) is 310 Å². The molecule has 0 spiro atoms. The van der Waals surface area contributed by atoms with Crippen LogP contribution in [0.25, 0.3) is 36.5 Å². The highest BCUT2D eigenvalue weighted by molar-refractivity contribution is 7.30. The molecule has 0 fully saturated rings. The van der Waals surface area contributed by atoms with Gasteiger partial charge >= 0.3 is 0 Å².